The minimum atomic E-state index is -4.29. The summed E-state index contributed by atoms with van der Waals surface area (Å²) in [6.07, 6.45) is -2.91. The first-order chi connectivity index (χ1) is 14.4. The Hall–Kier alpha value is -2.16. The lowest BCUT2D eigenvalue weighted by Crippen LogP contribution is -2.23. The van der Waals surface area contributed by atoms with Gasteiger partial charge in [0, 0.05) is 35.0 Å². The predicted molar refractivity (Wildman–Crippen MR) is 113 cm³/mol. The minimum Gasteiger partial charge on any atom is -0.493 e. The summed E-state index contributed by atoms with van der Waals surface area (Å²) in [7, 11) is 0. The van der Waals surface area contributed by atoms with E-state index >= 15 is 0 Å². The molecule has 3 aromatic rings. The number of alkyl halides is 3. The van der Waals surface area contributed by atoms with E-state index < -0.39 is 12.7 Å². The van der Waals surface area contributed by atoms with Crippen LogP contribution in [0.25, 0.3) is 0 Å². The Kier molecular flexibility index (Phi) is 8.07. The molecule has 0 saturated heterocycles. The zero-order valence-corrected chi connectivity index (χ0v) is 17.6. The van der Waals surface area contributed by atoms with E-state index in [0.717, 1.165) is 31.7 Å². The van der Waals surface area contributed by atoms with Gasteiger partial charge in [-0.05, 0) is 48.0 Å². The lowest BCUT2D eigenvalue weighted by Gasteiger charge is -2.11. The number of hydrogen-bond acceptors (Lipinski definition) is 4. The first-order valence-electron chi connectivity index (χ1n) is 9.27. The van der Waals surface area contributed by atoms with Crippen LogP contribution in [-0.4, -0.2) is 28.3 Å². The summed E-state index contributed by atoms with van der Waals surface area (Å²) in [6, 6.07) is 16.9. The second-order valence-corrected chi connectivity index (χ2v) is 8.10. The number of rotatable bonds is 10. The normalized spacial score (nSPS) is 11.6. The molecular weight excluding hydrogens is 435 g/mol. The number of hydrogen-bond donors (Lipinski definition) is 1. The molecule has 0 unspecified atom stereocenters. The van der Waals surface area contributed by atoms with E-state index in [1.807, 2.05) is 48.5 Å². The fourth-order valence-corrected chi connectivity index (χ4v) is 3.57. The molecule has 0 atom stereocenters. The minimum absolute atomic E-state index is 0.302. The lowest BCUT2D eigenvalue weighted by molar-refractivity contribution is -0.143. The molecule has 0 amide bonds. The van der Waals surface area contributed by atoms with Gasteiger partial charge in [0.25, 0.3) is 0 Å². The highest BCUT2D eigenvalue weighted by Crippen LogP contribution is 2.21. The average Bonchev–Trinajstić information content (AvgIpc) is 3.13. The molecule has 1 aromatic heterocycles. The second kappa shape index (κ2) is 10.7. The Labute approximate surface area is 182 Å². The van der Waals surface area contributed by atoms with Crippen molar-refractivity contribution in [2.75, 3.05) is 12.4 Å². The Morgan fingerprint density at radius 1 is 1.00 bits per heavy atom. The van der Waals surface area contributed by atoms with Crippen LogP contribution in [0.5, 0.6) is 5.75 Å². The maximum absolute atomic E-state index is 12.5. The summed E-state index contributed by atoms with van der Waals surface area (Å²) < 4.78 is 44.3. The van der Waals surface area contributed by atoms with Crippen LogP contribution in [-0.2, 0) is 19.6 Å². The van der Waals surface area contributed by atoms with Gasteiger partial charge in [-0.25, -0.2) is 0 Å². The molecule has 9 heteroatoms. The van der Waals surface area contributed by atoms with Crippen molar-refractivity contribution in [1.29, 1.82) is 0 Å². The molecule has 0 aliphatic rings. The topological polar surface area (TPSA) is 39.1 Å². The Balaban J connectivity index is 1.37. The van der Waals surface area contributed by atoms with Crippen molar-refractivity contribution in [3.63, 3.8) is 0 Å². The molecule has 0 spiro atoms. The standard InChI is InChI=1S/C21H21ClF3N3OS/c22-17-3-7-20(8-4-17)30-12-11-29-19-5-1-16(2-6-19)13-26-14-18-9-10-27-28(18)15-21(23,24)25/h1-10,26H,11-15H2. The van der Waals surface area contributed by atoms with Gasteiger partial charge in [-0.1, -0.05) is 23.7 Å². The average molecular weight is 456 g/mol. The number of nitrogens with zero attached hydrogens (tertiary/aromatic N) is 2. The summed E-state index contributed by atoms with van der Waals surface area (Å²) in [4.78, 5) is 1.14. The monoisotopic (exact) mass is 455 g/mol. The smallest absolute Gasteiger partial charge is 0.408 e. The van der Waals surface area contributed by atoms with Gasteiger partial charge in [0.1, 0.15) is 12.3 Å². The lowest BCUT2D eigenvalue weighted by atomic mass is 10.2. The van der Waals surface area contributed by atoms with Gasteiger partial charge in [0.15, 0.2) is 0 Å². The number of ether oxygens (including phenoxy) is 1. The maximum Gasteiger partial charge on any atom is 0.408 e. The van der Waals surface area contributed by atoms with Crippen molar-refractivity contribution in [3.8, 4) is 5.75 Å². The summed E-state index contributed by atoms with van der Waals surface area (Å²) in [5.74, 6) is 1.59. The SMILES string of the molecule is FC(F)(F)Cn1nccc1CNCc1ccc(OCCSc2ccc(Cl)cc2)cc1. The van der Waals surface area contributed by atoms with Gasteiger partial charge < -0.3 is 10.1 Å². The van der Waals surface area contributed by atoms with Crippen LogP contribution in [0.15, 0.2) is 65.7 Å². The molecule has 2 aromatic carbocycles. The van der Waals surface area contributed by atoms with Crippen LogP contribution >= 0.6 is 23.4 Å². The van der Waals surface area contributed by atoms with Crippen molar-refractivity contribution in [1.82, 2.24) is 15.1 Å². The molecule has 0 radical (unpaired) electrons. The van der Waals surface area contributed by atoms with E-state index in [-0.39, 0.29) is 0 Å². The fraction of sp³-hybridized carbons (Fsp3) is 0.286. The summed E-state index contributed by atoms with van der Waals surface area (Å²) in [6.45, 7) is 0.327. The van der Waals surface area contributed by atoms with E-state index in [4.69, 9.17) is 16.3 Å². The van der Waals surface area contributed by atoms with E-state index in [9.17, 15) is 13.2 Å². The van der Waals surface area contributed by atoms with E-state index in [2.05, 4.69) is 10.4 Å². The molecule has 160 valence electrons. The molecule has 3 rings (SSSR count). The summed E-state index contributed by atoms with van der Waals surface area (Å²) in [5.41, 5.74) is 1.50. The predicted octanol–water partition coefficient (Wildman–Crippen LogP) is 5.56. The molecule has 1 N–H and O–H groups in total. The number of thioether (sulfide) groups is 1. The molecule has 0 bridgehead atoms. The van der Waals surface area contributed by atoms with Crippen molar-refractivity contribution in [2.24, 2.45) is 0 Å². The van der Waals surface area contributed by atoms with Gasteiger partial charge >= 0.3 is 6.18 Å². The van der Waals surface area contributed by atoms with Crippen LogP contribution in [0, 0.1) is 0 Å². The third-order valence-corrected chi connectivity index (χ3v) is 5.35. The van der Waals surface area contributed by atoms with Crippen LogP contribution in [0.3, 0.4) is 0 Å². The van der Waals surface area contributed by atoms with Gasteiger partial charge in [0.05, 0.1) is 12.3 Å². The number of benzene rings is 2. The van der Waals surface area contributed by atoms with Crippen molar-refractivity contribution < 1.29 is 17.9 Å². The molecule has 4 nitrogen and oxygen atoms in total. The number of nitrogens with one attached hydrogen (secondary N) is 1. The first kappa shape index (κ1) is 22.5. The van der Waals surface area contributed by atoms with E-state index in [0.29, 0.717) is 25.4 Å². The molecule has 0 aliphatic heterocycles. The van der Waals surface area contributed by atoms with E-state index in [1.165, 1.54) is 6.20 Å². The highest BCUT2D eigenvalue weighted by atomic mass is 35.5. The highest BCUT2D eigenvalue weighted by Gasteiger charge is 2.29. The summed E-state index contributed by atoms with van der Waals surface area (Å²) >= 11 is 7.56. The summed E-state index contributed by atoms with van der Waals surface area (Å²) in [5, 5.41) is 7.59. The second-order valence-electron chi connectivity index (χ2n) is 6.49. The van der Waals surface area contributed by atoms with Crippen LogP contribution in [0.4, 0.5) is 13.2 Å². The van der Waals surface area contributed by atoms with Gasteiger partial charge in [-0.3, -0.25) is 4.68 Å². The molecular formula is C21H21ClF3N3OS. The van der Waals surface area contributed by atoms with Crippen molar-refractivity contribution >= 4 is 23.4 Å². The van der Waals surface area contributed by atoms with Crippen LogP contribution < -0.4 is 10.1 Å². The zero-order chi connectivity index (χ0) is 21.4. The van der Waals surface area contributed by atoms with E-state index in [1.54, 1.807) is 17.8 Å². The van der Waals surface area contributed by atoms with Gasteiger partial charge in [0.2, 0.25) is 0 Å². The fourth-order valence-electron chi connectivity index (χ4n) is 2.71. The van der Waals surface area contributed by atoms with Crippen molar-refractivity contribution in [3.05, 3.63) is 77.1 Å². The maximum atomic E-state index is 12.5. The van der Waals surface area contributed by atoms with Crippen LogP contribution in [0.2, 0.25) is 5.02 Å². The Morgan fingerprint density at radius 2 is 1.73 bits per heavy atom. The Bertz CT molecular complexity index is 914. The number of aromatic nitrogens is 2. The van der Waals surface area contributed by atoms with Crippen LogP contribution in [0.1, 0.15) is 11.3 Å². The molecule has 0 fully saturated rings. The van der Waals surface area contributed by atoms with Gasteiger partial charge in [-0.2, -0.15) is 18.3 Å². The van der Waals surface area contributed by atoms with Crippen molar-refractivity contribution in [2.45, 2.75) is 30.7 Å². The largest absolute Gasteiger partial charge is 0.493 e. The number of halogens is 4. The molecule has 0 aliphatic carbocycles. The first-order valence-corrected chi connectivity index (χ1v) is 10.6. The quantitative estimate of drug-likeness (QED) is 0.321. The molecule has 1 heterocycles. The van der Waals surface area contributed by atoms with Gasteiger partial charge in [-0.15, -0.1) is 11.8 Å². The highest BCUT2D eigenvalue weighted by molar-refractivity contribution is 7.99. The molecule has 30 heavy (non-hydrogen) atoms. The Morgan fingerprint density at radius 3 is 2.43 bits per heavy atom. The third kappa shape index (κ3) is 7.59. The third-order valence-electron chi connectivity index (χ3n) is 4.13. The molecule has 0 saturated carbocycles. The zero-order valence-electron chi connectivity index (χ0n) is 16.0.